The Bertz CT molecular complexity index is 556. The van der Waals surface area contributed by atoms with Crippen LogP contribution < -0.4 is 0 Å². The van der Waals surface area contributed by atoms with Crippen molar-refractivity contribution in [1.82, 2.24) is 10.1 Å². The monoisotopic (exact) mass is 286 g/mol. The van der Waals surface area contributed by atoms with Crippen molar-refractivity contribution < 1.29 is 9.32 Å². The molecule has 0 atom stereocenters. The Morgan fingerprint density at radius 3 is 2.52 bits per heavy atom. The molecule has 0 saturated heterocycles. The molecule has 5 aliphatic rings. The zero-order valence-electron chi connectivity index (χ0n) is 12.4. The highest BCUT2D eigenvalue weighted by atomic mass is 16.5. The van der Waals surface area contributed by atoms with Crippen LogP contribution in [-0.2, 0) is 17.8 Å². The summed E-state index contributed by atoms with van der Waals surface area (Å²) in [6.07, 6.45) is 10.3. The van der Waals surface area contributed by atoms with Gasteiger partial charge in [0.1, 0.15) is 5.76 Å². The Kier molecular flexibility index (Phi) is 2.40. The summed E-state index contributed by atoms with van der Waals surface area (Å²) in [5, 5.41) is 3.88. The van der Waals surface area contributed by atoms with Crippen molar-refractivity contribution in [2.75, 3.05) is 6.54 Å². The maximum Gasteiger partial charge on any atom is 0.229 e. The number of hydrogen-bond acceptors (Lipinski definition) is 3. The Balaban J connectivity index is 1.42. The van der Waals surface area contributed by atoms with E-state index in [9.17, 15) is 4.79 Å². The van der Waals surface area contributed by atoms with Crippen molar-refractivity contribution in [2.24, 2.45) is 23.2 Å². The van der Waals surface area contributed by atoms with Gasteiger partial charge in [0.05, 0.1) is 18.2 Å². The highest BCUT2D eigenvalue weighted by Crippen LogP contribution is 2.60. The third-order valence-corrected chi connectivity index (χ3v) is 6.48. The van der Waals surface area contributed by atoms with Crippen LogP contribution in [0.5, 0.6) is 0 Å². The van der Waals surface area contributed by atoms with Gasteiger partial charge in [-0.1, -0.05) is 5.16 Å². The van der Waals surface area contributed by atoms with E-state index >= 15 is 0 Å². The summed E-state index contributed by atoms with van der Waals surface area (Å²) in [4.78, 5) is 15.3. The van der Waals surface area contributed by atoms with Crippen molar-refractivity contribution in [3.05, 3.63) is 17.5 Å². The van der Waals surface area contributed by atoms with Gasteiger partial charge in [0.15, 0.2) is 0 Å². The third-order valence-electron chi connectivity index (χ3n) is 6.48. The summed E-state index contributed by atoms with van der Waals surface area (Å²) in [6, 6.07) is 0. The Labute approximate surface area is 124 Å². The maximum absolute atomic E-state index is 13.3. The van der Waals surface area contributed by atoms with E-state index in [4.69, 9.17) is 4.52 Å². The van der Waals surface area contributed by atoms with Crippen LogP contribution >= 0.6 is 0 Å². The first kappa shape index (κ1) is 12.2. The van der Waals surface area contributed by atoms with Crippen LogP contribution in [0.3, 0.4) is 0 Å². The molecule has 1 aromatic heterocycles. The van der Waals surface area contributed by atoms with E-state index in [1.807, 2.05) is 0 Å². The molecule has 0 N–H and O–H groups in total. The summed E-state index contributed by atoms with van der Waals surface area (Å²) in [6.45, 7) is 1.52. The summed E-state index contributed by atoms with van der Waals surface area (Å²) < 4.78 is 5.25. The minimum Gasteiger partial charge on any atom is -0.361 e. The minimum absolute atomic E-state index is 0.0105. The van der Waals surface area contributed by atoms with Crippen molar-refractivity contribution >= 4 is 5.91 Å². The smallest absolute Gasteiger partial charge is 0.229 e. The molecule has 112 valence electrons. The molecule has 4 heteroatoms. The SMILES string of the molecule is O=C(N1CCc2oncc2C1)C12CC3CC(CC(C3)C1)C2. The van der Waals surface area contributed by atoms with Gasteiger partial charge in [-0.3, -0.25) is 4.79 Å². The lowest BCUT2D eigenvalue weighted by atomic mass is 9.49. The average molecular weight is 286 g/mol. The minimum atomic E-state index is -0.0105. The molecule has 4 bridgehead atoms. The van der Waals surface area contributed by atoms with Gasteiger partial charge in [0, 0.05) is 18.5 Å². The number of amides is 1. The van der Waals surface area contributed by atoms with Crippen LogP contribution in [0.15, 0.2) is 10.7 Å². The van der Waals surface area contributed by atoms with E-state index in [1.54, 1.807) is 6.20 Å². The third kappa shape index (κ3) is 1.74. The fraction of sp³-hybridized carbons (Fsp3) is 0.765. The van der Waals surface area contributed by atoms with Crippen LogP contribution in [0, 0.1) is 23.2 Å². The summed E-state index contributed by atoms with van der Waals surface area (Å²) >= 11 is 0. The standard InChI is InChI=1S/C17H22N2O2/c20-16(19-2-1-15-14(10-19)9-18-21-15)17-6-11-3-12(7-17)5-13(4-11)8-17/h9,11-13H,1-8,10H2. The van der Waals surface area contributed by atoms with Crippen LogP contribution in [-0.4, -0.2) is 22.5 Å². The largest absolute Gasteiger partial charge is 0.361 e. The fourth-order valence-electron chi connectivity index (χ4n) is 6.02. The molecule has 1 amide bonds. The van der Waals surface area contributed by atoms with Gasteiger partial charge < -0.3 is 9.42 Å². The highest BCUT2D eigenvalue weighted by molar-refractivity contribution is 5.83. The van der Waals surface area contributed by atoms with Gasteiger partial charge >= 0.3 is 0 Å². The zero-order chi connectivity index (χ0) is 14.0. The lowest BCUT2D eigenvalue weighted by Crippen LogP contribution is -2.55. The quantitative estimate of drug-likeness (QED) is 0.797. The first-order valence-corrected chi connectivity index (χ1v) is 8.44. The molecule has 6 rings (SSSR count). The van der Waals surface area contributed by atoms with Gasteiger partial charge in [-0.25, -0.2) is 0 Å². The molecule has 4 aliphatic carbocycles. The van der Waals surface area contributed by atoms with E-state index in [2.05, 4.69) is 10.1 Å². The fourth-order valence-corrected chi connectivity index (χ4v) is 6.02. The number of carbonyl (C=O) groups is 1. The van der Waals surface area contributed by atoms with Gasteiger partial charge in [0.2, 0.25) is 5.91 Å². The van der Waals surface area contributed by atoms with E-state index in [1.165, 1.54) is 19.3 Å². The predicted molar refractivity (Wildman–Crippen MR) is 76.2 cm³/mol. The Hall–Kier alpha value is -1.32. The van der Waals surface area contributed by atoms with Crippen LogP contribution in [0.1, 0.15) is 49.8 Å². The number of hydrogen-bond donors (Lipinski definition) is 0. The normalized spacial score (nSPS) is 40.4. The first-order chi connectivity index (χ1) is 10.2. The number of carbonyl (C=O) groups excluding carboxylic acids is 1. The van der Waals surface area contributed by atoms with Gasteiger partial charge in [0.25, 0.3) is 0 Å². The summed E-state index contributed by atoms with van der Waals surface area (Å²) in [5.74, 6) is 3.90. The molecule has 4 fully saturated rings. The topological polar surface area (TPSA) is 46.3 Å². The molecule has 21 heavy (non-hydrogen) atoms. The molecule has 0 radical (unpaired) electrons. The maximum atomic E-state index is 13.3. The van der Waals surface area contributed by atoms with E-state index in [0.29, 0.717) is 12.5 Å². The molecule has 0 spiro atoms. The molecule has 4 nitrogen and oxygen atoms in total. The van der Waals surface area contributed by atoms with Crippen molar-refractivity contribution in [1.29, 1.82) is 0 Å². The van der Waals surface area contributed by atoms with Crippen LogP contribution in [0.25, 0.3) is 0 Å². The van der Waals surface area contributed by atoms with Gasteiger partial charge in [-0.05, 0) is 56.3 Å². The average Bonchev–Trinajstić information content (AvgIpc) is 2.92. The van der Waals surface area contributed by atoms with Crippen molar-refractivity contribution in [2.45, 2.75) is 51.5 Å². The van der Waals surface area contributed by atoms with E-state index < -0.39 is 0 Å². The molecular weight excluding hydrogens is 264 g/mol. The number of aromatic nitrogens is 1. The van der Waals surface area contributed by atoms with Crippen molar-refractivity contribution in [3.63, 3.8) is 0 Å². The number of nitrogens with zero attached hydrogens (tertiary/aromatic N) is 2. The predicted octanol–water partition coefficient (Wildman–Crippen LogP) is 2.78. The Morgan fingerprint density at radius 2 is 1.86 bits per heavy atom. The highest BCUT2D eigenvalue weighted by Gasteiger charge is 2.55. The molecular formula is C17H22N2O2. The van der Waals surface area contributed by atoms with Crippen molar-refractivity contribution in [3.8, 4) is 0 Å². The second-order valence-electron chi connectivity index (χ2n) is 7.95. The van der Waals surface area contributed by atoms with Gasteiger partial charge in [-0.15, -0.1) is 0 Å². The molecule has 1 aliphatic heterocycles. The number of rotatable bonds is 1. The molecule has 0 aromatic carbocycles. The van der Waals surface area contributed by atoms with Gasteiger partial charge in [-0.2, -0.15) is 0 Å². The van der Waals surface area contributed by atoms with Crippen LogP contribution in [0.2, 0.25) is 0 Å². The summed E-state index contributed by atoms with van der Waals surface area (Å²) in [7, 11) is 0. The molecule has 2 heterocycles. The lowest BCUT2D eigenvalue weighted by Gasteiger charge is -2.56. The first-order valence-electron chi connectivity index (χ1n) is 8.44. The van der Waals surface area contributed by atoms with E-state index in [0.717, 1.165) is 61.3 Å². The van der Waals surface area contributed by atoms with E-state index in [-0.39, 0.29) is 5.41 Å². The van der Waals surface area contributed by atoms with Crippen LogP contribution in [0.4, 0.5) is 0 Å². The molecule has 4 saturated carbocycles. The zero-order valence-corrected chi connectivity index (χ0v) is 12.4. The molecule has 0 unspecified atom stereocenters. The summed E-state index contributed by atoms with van der Waals surface area (Å²) in [5.41, 5.74) is 1.10. The Morgan fingerprint density at radius 1 is 1.19 bits per heavy atom. The second kappa shape index (κ2) is 4.11. The second-order valence-corrected chi connectivity index (χ2v) is 7.95. The molecule has 1 aromatic rings. The lowest BCUT2D eigenvalue weighted by molar-refractivity contribution is -0.158. The number of fused-ring (bicyclic) bond motifs is 1.